The van der Waals surface area contributed by atoms with E-state index in [4.69, 9.17) is 0 Å². The Labute approximate surface area is 161 Å². The van der Waals surface area contributed by atoms with Gasteiger partial charge < -0.3 is 5.32 Å². The minimum absolute atomic E-state index is 0. The van der Waals surface area contributed by atoms with Crippen molar-refractivity contribution in [1.29, 1.82) is 0 Å². The van der Waals surface area contributed by atoms with Crippen LogP contribution < -0.4 is 14.8 Å². The number of piperazine rings is 1. The highest BCUT2D eigenvalue weighted by atomic mass is 35.5. The molecule has 0 unspecified atom stereocenters. The second kappa shape index (κ2) is 10.6. The second-order valence-electron chi connectivity index (χ2n) is 5.17. The van der Waals surface area contributed by atoms with Crippen LogP contribution in [0.25, 0.3) is 0 Å². The normalized spacial score (nSPS) is 15.9. The molecule has 0 aliphatic carbocycles. The molecule has 2 rings (SSSR count). The molecule has 0 atom stereocenters. The fourth-order valence-electron chi connectivity index (χ4n) is 2.27. The lowest BCUT2D eigenvalue weighted by Crippen LogP contribution is -2.46. The van der Waals surface area contributed by atoms with Crippen molar-refractivity contribution < 1.29 is 16.8 Å². The summed E-state index contributed by atoms with van der Waals surface area (Å²) in [4.78, 5) is 2.26. The third kappa shape index (κ3) is 6.99. The summed E-state index contributed by atoms with van der Waals surface area (Å²) in [5.74, 6) is 0. The lowest BCUT2D eigenvalue weighted by Gasteiger charge is -2.27. The first-order chi connectivity index (χ1) is 10.8. The van der Waals surface area contributed by atoms with Gasteiger partial charge in [-0.3, -0.25) is 4.90 Å². The third-order valence-corrected chi connectivity index (χ3v) is 6.55. The Hall–Kier alpha value is -0.460. The molecule has 1 fully saturated rings. The maximum atomic E-state index is 12.2. The Morgan fingerprint density at radius 1 is 0.960 bits per heavy atom. The molecular formula is C13H24Cl2N4O4S2. The van der Waals surface area contributed by atoms with Crippen LogP contribution in [-0.2, 0) is 20.0 Å². The molecule has 146 valence electrons. The predicted molar refractivity (Wildman–Crippen MR) is 102 cm³/mol. The van der Waals surface area contributed by atoms with Gasteiger partial charge in [0, 0.05) is 39.3 Å². The summed E-state index contributed by atoms with van der Waals surface area (Å²) in [5, 5.41) is 3.23. The number of halogens is 2. The fraction of sp³-hybridized carbons (Fsp3) is 0.538. The average Bonchev–Trinajstić information content (AvgIpc) is 2.56. The van der Waals surface area contributed by atoms with Crippen LogP contribution in [0.2, 0.25) is 0 Å². The van der Waals surface area contributed by atoms with Crippen LogP contribution in [0.3, 0.4) is 0 Å². The molecule has 12 heteroatoms. The Morgan fingerprint density at radius 2 is 1.44 bits per heavy atom. The minimum atomic E-state index is -3.64. The molecule has 0 aromatic heterocycles. The van der Waals surface area contributed by atoms with Crippen molar-refractivity contribution in [2.45, 2.75) is 9.79 Å². The minimum Gasteiger partial charge on any atom is -0.314 e. The third-order valence-electron chi connectivity index (χ3n) is 3.64. The van der Waals surface area contributed by atoms with E-state index in [0.717, 1.165) is 26.2 Å². The van der Waals surface area contributed by atoms with Crippen LogP contribution in [0.5, 0.6) is 0 Å². The van der Waals surface area contributed by atoms with Crippen molar-refractivity contribution in [1.82, 2.24) is 19.7 Å². The number of hydrogen-bond acceptors (Lipinski definition) is 6. The number of nitrogens with zero attached hydrogens (tertiary/aromatic N) is 1. The smallest absolute Gasteiger partial charge is 0.240 e. The van der Waals surface area contributed by atoms with E-state index in [1.807, 2.05) is 0 Å². The van der Waals surface area contributed by atoms with E-state index >= 15 is 0 Å². The molecule has 25 heavy (non-hydrogen) atoms. The molecule has 1 aromatic carbocycles. The van der Waals surface area contributed by atoms with Gasteiger partial charge in [0.15, 0.2) is 0 Å². The van der Waals surface area contributed by atoms with Crippen molar-refractivity contribution in [3.63, 3.8) is 0 Å². The van der Waals surface area contributed by atoms with Gasteiger partial charge in [0.25, 0.3) is 0 Å². The number of benzene rings is 1. The zero-order chi connectivity index (χ0) is 16.9. The van der Waals surface area contributed by atoms with Gasteiger partial charge >= 0.3 is 0 Å². The Balaban J connectivity index is 0.00000288. The van der Waals surface area contributed by atoms with Gasteiger partial charge in [0.2, 0.25) is 20.0 Å². The Bertz CT molecular complexity index is 721. The summed E-state index contributed by atoms with van der Waals surface area (Å²) in [5.41, 5.74) is 0. The highest BCUT2D eigenvalue weighted by molar-refractivity contribution is 7.90. The largest absolute Gasteiger partial charge is 0.314 e. The first kappa shape index (κ1) is 24.5. The van der Waals surface area contributed by atoms with Crippen molar-refractivity contribution in [3.05, 3.63) is 24.3 Å². The van der Waals surface area contributed by atoms with Crippen molar-refractivity contribution in [2.24, 2.45) is 0 Å². The lowest BCUT2D eigenvalue weighted by atomic mass is 10.3. The highest BCUT2D eigenvalue weighted by Crippen LogP contribution is 2.14. The summed E-state index contributed by atoms with van der Waals surface area (Å²) < 4.78 is 52.4. The maximum Gasteiger partial charge on any atom is 0.240 e. The summed E-state index contributed by atoms with van der Waals surface area (Å²) in [6, 6.07) is 5.13. The maximum absolute atomic E-state index is 12.2. The molecule has 0 saturated carbocycles. The summed E-state index contributed by atoms with van der Waals surface area (Å²) in [6.07, 6.45) is 0. The fourth-order valence-corrected chi connectivity index (χ4v) is 4.02. The van der Waals surface area contributed by atoms with Crippen LogP contribution >= 0.6 is 24.8 Å². The Kier molecular flexibility index (Phi) is 10.4. The number of rotatable bonds is 7. The van der Waals surface area contributed by atoms with E-state index in [1.165, 1.54) is 31.3 Å². The molecule has 0 radical (unpaired) electrons. The van der Waals surface area contributed by atoms with Crippen molar-refractivity contribution >= 4 is 44.9 Å². The van der Waals surface area contributed by atoms with E-state index in [2.05, 4.69) is 19.7 Å². The zero-order valence-electron chi connectivity index (χ0n) is 13.8. The molecule has 8 nitrogen and oxygen atoms in total. The van der Waals surface area contributed by atoms with Crippen molar-refractivity contribution in [2.75, 3.05) is 46.3 Å². The molecule has 0 spiro atoms. The molecule has 1 aromatic rings. The van der Waals surface area contributed by atoms with E-state index < -0.39 is 20.0 Å². The first-order valence-corrected chi connectivity index (χ1v) is 10.3. The Morgan fingerprint density at radius 3 is 1.92 bits per heavy atom. The van der Waals surface area contributed by atoms with Gasteiger partial charge in [-0.05, 0) is 31.3 Å². The van der Waals surface area contributed by atoms with Gasteiger partial charge in [-0.1, -0.05) is 0 Å². The molecule has 1 saturated heterocycles. The van der Waals surface area contributed by atoms with Gasteiger partial charge in [-0.15, -0.1) is 24.8 Å². The summed E-state index contributed by atoms with van der Waals surface area (Å²) in [7, 11) is -5.90. The second-order valence-corrected chi connectivity index (χ2v) is 8.82. The van der Waals surface area contributed by atoms with Crippen LogP contribution in [-0.4, -0.2) is 68.1 Å². The molecular weight excluding hydrogens is 411 g/mol. The number of nitrogens with one attached hydrogen (secondary N) is 3. The van der Waals surface area contributed by atoms with E-state index in [-0.39, 0.29) is 34.6 Å². The summed E-state index contributed by atoms with van der Waals surface area (Å²) >= 11 is 0. The average molecular weight is 435 g/mol. The molecule has 3 N–H and O–H groups in total. The standard InChI is InChI=1S/C13H22N4O4S2.2ClH/c1-14-22(18,19)12-2-4-13(5-3-12)23(20,21)16-8-11-17-9-6-15-7-10-17;;/h2-5,14-16H,6-11H2,1H3;2*1H. The quantitative estimate of drug-likeness (QED) is 0.539. The zero-order valence-corrected chi connectivity index (χ0v) is 17.0. The highest BCUT2D eigenvalue weighted by Gasteiger charge is 2.17. The van der Waals surface area contributed by atoms with Crippen LogP contribution in [0.15, 0.2) is 34.1 Å². The van der Waals surface area contributed by atoms with Crippen LogP contribution in [0.1, 0.15) is 0 Å². The predicted octanol–water partition coefficient (Wildman–Crippen LogP) is -0.378. The number of sulfonamides is 2. The van der Waals surface area contributed by atoms with Gasteiger partial charge in [-0.2, -0.15) is 0 Å². The molecule has 1 aliphatic rings. The molecule has 1 heterocycles. The van der Waals surface area contributed by atoms with Gasteiger partial charge in [0.05, 0.1) is 9.79 Å². The summed E-state index contributed by atoms with van der Waals surface area (Å²) in [6.45, 7) is 4.59. The topological polar surface area (TPSA) is 108 Å². The van der Waals surface area contributed by atoms with E-state index in [0.29, 0.717) is 13.1 Å². The lowest BCUT2D eigenvalue weighted by molar-refractivity contribution is 0.245. The molecule has 0 amide bonds. The number of hydrogen-bond donors (Lipinski definition) is 3. The van der Waals surface area contributed by atoms with Gasteiger partial charge in [-0.25, -0.2) is 26.3 Å². The van der Waals surface area contributed by atoms with E-state index in [1.54, 1.807) is 0 Å². The van der Waals surface area contributed by atoms with Crippen LogP contribution in [0.4, 0.5) is 0 Å². The SMILES string of the molecule is CNS(=O)(=O)c1ccc(S(=O)(=O)NCCN2CCNCC2)cc1.Cl.Cl. The van der Waals surface area contributed by atoms with Gasteiger partial charge in [0.1, 0.15) is 0 Å². The van der Waals surface area contributed by atoms with Crippen LogP contribution in [0, 0.1) is 0 Å². The van der Waals surface area contributed by atoms with E-state index in [9.17, 15) is 16.8 Å². The first-order valence-electron chi connectivity index (χ1n) is 7.31. The van der Waals surface area contributed by atoms with Crippen molar-refractivity contribution in [3.8, 4) is 0 Å². The molecule has 0 bridgehead atoms. The molecule has 1 aliphatic heterocycles. The monoisotopic (exact) mass is 434 g/mol.